The van der Waals surface area contributed by atoms with E-state index in [1.54, 1.807) is 29.4 Å². The highest BCUT2D eigenvalue weighted by molar-refractivity contribution is 6.31. The van der Waals surface area contributed by atoms with E-state index in [1.807, 2.05) is 5.32 Å². The number of anilines is 1. The van der Waals surface area contributed by atoms with Crippen LogP contribution in [0, 0.1) is 0 Å². The number of fused-ring (bicyclic) bond motifs is 1. The molecule has 29 heavy (non-hydrogen) atoms. The van der Waals surface area contributed by atoms with Gasteiger partial charge < -0.3 is 15.2 Å². The molecule has 1 saturated heterocycles. The molecule has 11 heteroatoms. The first kappa shape index (κ1) is 19.4. The lowest BCUT2D eigenvalue weighted by atomic mass is 10.2. The van der Waals surface area contributed by atoms with Gasteiger partial charge in [0, 0.05) is 37.5 Å². The number of alkyl halides is 3. The van der Waals surface area contributed by atoms with Gasteiger partial charge >= 0.3 is 6.18 Å². The number of H-pyrrole nitrogens is 1. The fraction of sp³-hybridized carbons (Fsp3) is 0.333. The Balaban J connectivity index is 0.00000256. The number of amides is 1. The summed E-state index contributed by atoms with van der Waals surface area (Å²) in [5, 5.41) is 3.17. The van der Waals surface area contributed by atoms with Crippen molar-refractivity contribution >= 4 is 34.4 Å². The summed E-state index contributed by atoms with van der Waals surface area (Å²) in [5.41, 5.74) is 1.32. The van der Waals surface area contributed by atoms with Gasteiger partial charge in [-0.1, -0.05) is 11.6 Å². The Labute approximate surface area is 169 Å². The molecular formula is C18H18ClF3N6O. The Bertz CT molecular complexity index is 1060. The largest absolute Gasteiger partial charge is 0.405 e. The minimum absolute atomic E-state index is 0. The molecule has 154 valence electrons. The molecule has 1 fully saturated rings. The number of halogens is 4. The number of nitrogens with one attached hydrogen (secondary N) is 2. The molecule has 1 atom stereocenters. The van der Waals surface area contributed by atoms with Crippen molar-refractivity contribution in [1.29, 1.82) is 0 Å². The van der Waals surface area contributed by atoms with E-state index in [0.717, 1.165) is 5.39 Å². The summed E-state index contributed by atoms with van der Waals surface area (Å²) < 4.78 is 37.3. The molecule has 0 aliphatic carbocycles. The average Bonchev–Trinajstić information content (AvgIpc) is 3.32. The molecule has 3 aromatic heterocycles. The number of pyridine rings is 1. The minimum Gasteiger partial charge on any atom is -0.345 e. The monoisotopic (exact) mass is 426 g/mol. The molecule has 1 amide bonds. The fourth-order valence-electron chi connectivity index (χ4n) is 3.42. The summed E-state index contributed by atoms with van der Waals surface area (Å²) in [6.07, 6.45) is 1.47. The second-order valence-corrected chi connectivity index (χ2v) is 7.11. The second-order valence-electron chi connectivity index (χ2n) is 6.67. The van der Waals surface area contributed by atoms with Gasteiger partial charge in [-0.3, -0.25) is 4.79 Å². The second kappa shape index (κ2) is 7.51. The lowest BCUT2D eigenvalue weighted by Crippen LogP contribution is -2.46. The third-order valence-electron chi connectivity index (χ3n) is 4.69. The Morgan fingerprint density at radius 3 is 3.03 bits per heavy atom. The molecule has 2 N–H and O–H groups in total. The van der Waals surface area contributed by atoms with Gasteiger partial charge in [-0.25, -0.2) is 15.0 Å². The third kappa shape index (κ3) is 4.12. The zero-order chi connectivity index (χ0) is 20.6. The standard InChI is InChI=1S/C18H16ClF3N6O.H2/c19-10-6-11-12(8-25-15(11)24-7-10)16-23-4-3-14(27-16)28-5-1-2-13(28)17(29)26-9-18(20,21)22;/h3-4,6-8,13H,1-2,5,9H2,(H,24,25)(H,26,29);1H/t13-;/m0./s1. The molecule has 0 spiro atoms. The number of hydrogen-bond donors (Lipinski definition) is 2. The van der Waals surface area contributed by atoms with Crippen molar-refractivity contribution in [2.75, 3.05) is 18.0 Å². The van der Waals surface area contributed by atoms with Crippen LogP contribution >= 0.6 is 11.6 Å². The van der Waals surface area contributed by atoms with Crippen molar-refractivity contribution in [3.05, 3.63) is 35.7 Å². The minimum atomic E-state index is -4.45. The Kier molecular flexibility index (Phi) is 5.03. The molecule has 4 heterocycles. The molecule has 3 aromatic rings. The van der Waals surface area contributed by atoms with Gasteiger partial charge in [-0.15, -0.1) is 0 Å². The molecule has 1 aliphatic heterocycles. The molecule has 0 saturated carbocycles. The van der Waals surface area contributed by atoms with Gasteiger partial charge in [0.05, 0.1) is 5.02 Å². The van der Waals surface area contributed by atoms with Gasteiger partial charge in [0.2, 0.25) is 5.91 Å². The summed E-state index contributed by atoms with van der Waals surface area (Å²) in [7, 11) is 0. The van der Waals surface area contributed by atoms with Crippen LogP contribution in [0.5, 0.6) is 0 Å². The fourth-order valence-corrected chi connectivity index (χ4v) is 3.58. The maximum absolute atomic E-state index is 12.4. The van der Waals surface area contributed by atoms with Gasteiger partial charge in [-0.05, 0) is 25.0 Å². The Morgan fingerprint density at radius 2 is 2.24 bits per heavy atom. The molecule has 0 unspecified atom stereocenters. The lowest BCUT2D eigenvalue weighted by molar-refractivity contribution is -0.139. The van der Waals surface area contributed by atoms with Crippen LogP contribution in [0.3, 0.4) is 0 Å². The van der Waals surface area contributed by atoms with Gasteiger partial charge in [0.25, 0.3) is 0 Å². The maximum Gasteiger partial charge on any atom is 0.405 e. The Morgan fingerprint density at radius 1 is 1.41 bits per heavy atom. The predicted molar refractivity (Wildman–Crippen MR) is 104 cm³/mol. The van der Waals surface area contributed by atoms with Crippen LogP contribution in [0.4, 0.5) is 19.0 Å². The van der Waals surface area contributed by atoms with E-state index >= 15 is 0 Å². The van der Waals surface area contributed by atoms with Crippen molar-refractivity contribution < 1.29 is 19.4 Å². The van der Waals surface area contributed by atoms with Crippen molar-refractivity contribution in [2.24, 2.45) is 0 Å². The number of aromatic nitrogens is 4. The van der Waals surface area contributed by atoms with Crippen LogP contribution in [0.1, 0.15) is 14.3 Å². The average molecular weight is 427 g/mol. The number of carbonyl (C=O) groups excluding carboxylic acids is 1. The van der Waals surface area contributed by atoms with E-state index in [0.29, 0.717) is 47.3 Å². The van der Waals surface area contributed by atoms with E-state index in [4.69, 9.17) is 11.6 Å². The molecule has 1 aliphatic rings. The molecular weight excluding hydrogens is 409 g/mol. The van der Waals surface area contributed by atoms with Crippen molar-refractivity contribution in [1.82, 2.24) is 25.3 Å². The van der Waals surface area contributed by atoms with Crippen LogP contribution in [-0.4, -0.2) is 51.2 Å². The number of nitrogens with zero attached hydrogens (tertiary/aromatic N) is 4. The topological polar surface area (TPSA) is 86.8 Å². The quantitative estimate of drug-likeness (QED) is 0.666. The highest BCUT2D eigenvalue weighted by Crippen LogP contribution is 2.30. The smallest absolute Gasteiger partial charge is 0.345 e. The van der Waals surface area contributed by atoms with Crippen LogP contribution < -0.4 is 10.2 Å². The highest BCUT2D eigenvalue weighted by atomic mass is 35.5. The summed E-state index contributed by atoms with van der Waals surface area (Å²) >= 11 is 6.04. The molecule has 0 aromatic carbocycles. The predicted octanol–water partition coefficient (Wildman–Crippen LogP) is 3.57. The highest BCUT2D eigenvalue weighted by Gasteiger charge is 2.35. The number of rotatable bonds is 4. The van der Waals surface area contributed by atoms with Crippen molar-refractivity contribution in [2.45, 2.75) is 25.1 Å². The van der Waals surface area contributed by atoms with E-state index < -0.39 is 24.7 Å². The summed E-state index contributed by atoms with van der Waals surface area (Å²) in [4.78, 5) is 30.0. The number of carbonyl (C=O) groups is 1. The van der Waals surface area contributed by atoms with E-state index in [2.05, 4.69) is 19.9 Å². The normalized spacial score (nSPS) is 17.1. The van der Waals surface area contributed by atoms with Crippen LogP contribution in [0.15, 0.2) is 30.7 Å². The van der Waals surface area contributed by atoms with Crippen LogP contribution in [-0.2, 0) is 4.79 Å². The summed E-state index contributed by atoms with van der Waals surface area (Å²) in [6, 6.07) is 2.67. The molecule has 0 radical (unpaired) electrons. The third-order valence-corrected chi connectivity index (χ3v) is 4.90. The maximum atomic E-state index is 12.4. The van der Waals surface area contributed by atoms with Gasteiger partial charge in [0.15, 0.2) is 5.82 Å². The Hall–Kier alpha value is -2.88. The van der Waals surface area contributed by atoms with Gasteiger partial charge in [-0.2, -0.15) is 13.2 Å². The van der Waals surface area contributed by atoms with Crippen molar-refractivity contribution in [3.8, 4) is 11.4 Å². The van der Waals surface area contributed by atoms with E-state index in [-0.39, 0.29) is 1.43 Å². The van der Waals surface area contributed by atoms with Gasteiger partial charge in [0.1, 0.15) is 24.1 Å². The molecule has 7 nitrogen and oxygen atoms in total. The van der Waals surface area contributed by atoms with E-state index in [1.165, 1.54) is 6.20 Å². The number of hydrogen-bond acceptors (Lipinski definition) is 5. The number of aromatic amines is 1. The van der Waals surface area contributed by atoms with E-state index in [9.17, 15) is 18.0 Å². The first-order chi connectivity index (χ1) is 13.8. The lowest BCUT2D eigenvalue weighted by Gasteiger charge is -2.25. The zero-order valence-corrected chi connectivity index (χ0v) is 15.8. The van der Waals surface area contributed by atoms with Crippen LogP contribution in [0.25, 0.3) is 22.4 Å². The zero-order valence-electron chi connectivity index (χ0n) is 15.0. The molecule has 0 bridgehead atoms. The summed E-state index contributed by atoms with van der Waals surface area (Å²) in [6.45, 7) is -0.837. The summed E-state index contributed by atoms with van der Waals surface area (Å²) in [5.74, 6) is 0.214. The first-order valence-corrected chi connectivity index (χ1v) is 9.27. The molecule has 4 rings (SSSR count). The van der Waals surface area contributed by atoms with Crippen LogP contribution in [0.2, 0.25) is 5.02 Å². The van der Waals surface area contributed by atoms with Crippen molar-refractivity contribution in [3.63, 3.8) is 0 Å². The first-order valence-electron chi connectivity index (χ1n) is 8.89. The SMILES string of the molecule is O=C(NCC(F)(F)F)[C@@H]1CCCN1c1ccnc(-c2c[nH]c3ncc(Cl)cc23)n1.[HH].